The van der Waals surface area contributed by atoms with Crippen molar-refractivity contribution in [2.75, 3.05) is 18.4 Å². The highest BCUT2D eigenvalue weighted by atomic mass is 16.5. The van der Waals surface area contributed by atoms with Crippen LogP contribution in [0.15, 0.2) is 36.5 Å². The summed E-state index contributed by atoms with van der Waals surface area (Å²) in [4.78, 5) is 12.6. The van der Waals surface area contributed by atoms with E-state index in [9.17, 15) is 4.79 Å². The van der Waals surface area contributed by atoms with E-state index in [1.54, 1.807) is 6.07 Å². The Morgan fingerprint density at radius 1 is 1.32 bits per heavy atom. The first-order valence-corrected chi connectivity index (χ1v) is 8.78. The summed E-state index contributed by atoms with van der Waals surface area (Å²) >= 11 is 0. The molecule has 0 bridgehead atoms. The van der Waals surface area contributed by atoms with Crippen LogP contribution < -0.4 is 15.4 Å². The molecule has 0 radical (unpaired) electrons. The van der Waals surface area contributed by atoms with Gasteiger partial charge in [-0.1, -0.05) is 12.1 Å². The number of ether oxygens (including phenoxy) is 1. The number of benzene rings is 1. The molecule has 0 saturated carbocycles. The number of carbonyl (C=O) groups excluding carboxylic acids is 1. The minimum absolute atomic E-state index is 0.229. The molecule has 0 spiro atoms. The molecule has 1 amide bonds. The fourth-order valence-corrected chi connectivity index (χ4v) is 2.90. The van der Waals surface area contributed by atoms with Gasteiger partial charge in [-0.15, -0.1) is 0 Å². The van der Waals surface area contributed by atoms with Gasteiger partial charge >= 0.3 is 0 Å². The van der Waals surface area contributed by atoms with Gasteiger partial charge in [-0.05, 0) is 58.4 Å². The van der Waals surface area contributed by atoms with Crippen molar-refractivity contribution < 1.29 is 9.53 Å². The van der Waals surface area contributed by atoms with Crippen molar-refractivity contribution in [2.24, 2.45) is 0 Å². The number of aromatic nitrogens is 2. The molecule has 1 aliphatic heterocycles. The maximum absolute atomic E-state index is 12.6. The first kappa shape index (κ1) is 17.5. The van der Waals surface area contributed by atoms with Gasteiger partial charge in [0.25, 0.3) is 5.91 Å². The molecule has 0 aliphatic carbocycles. The Morgan fingerprint density at radius 2 is 2.12 bits per heavy atom. The zero-order valence-corrected chi connectivity index (χ0v) is 15.1. The molecule has 6 nitrogen and oxygen atoms in total. The van der Waals surface area contributed by atoms with Crippen molar-refractivity contribution in [3.05, 3.63) is 42.2 Å². The smallest absolute Gasteiger partial charge is 0.276 e. The van der Waals surface area contributed by atoms with E-state index in [1.807, 2.05) is 55.9 Å². The lowest BCUT2D eigenvalue weighted by atomic mass is 10.1. The summed E-state index contributed by atoms with van der Waals surface area (Å²) in [5, 5.41) is 10.7. The lowest BCUT2D eigenvalue weighted by Gasteiger charge is -2.23. The zero-order chi connectivity index (χ0) is 17.9. The van der Waals surface area contributed by atoms with Crippen LogP contribution in [-0.4, -0.2) is 34.4 Å². The first-order valence-electron chi connectivity index (χ1n) is 8.78. The van der Waals surface area contributed by atoms with E-state index in [1.165, 1.54) is 0 Å². The Morgan fingerprint density at radius 3 is 2.84 bits per heavy atom. The fourth-order valence-electron chi connectivity index (χ4n) is 2.90. The molecular weight excluding hydrogens is 316 g/mol. The number of nitrogens with one attached hydrogen (secondary N) is 2. The summed E-state index contributed by atoms with van der Waals surface area (Å²) in [6.45, 7) is 7.88. The maximum atomic E-state index is 12.6. The Balaban J connectivity index is 1.71. The number of anilines is 1. The molecule has 1 aromatic carbocycles. The largest absolute Gasteiger partial charge is 0.486 e. The third kappa shape index (κ3) is 4.60. The van der Waals surface area contributed by atoms with Crippen LogP contribution in [-0.2, 0) is 0 Å². The maximum Gasteiger partial charge on any atom is 0.276 e. The normalized spacial score (nSPS) is 18.0. The van der Waals surface area contributed by atoms with Crippen LogP contribution in [0, 0.1) is 0 Å². The zero-order valence-electron chi connectivity index (χ0n) is 15.1. The standard InChI is InChI=1S/C19H26N4O2/c1-19(2,3)25-17-9-5-4-8-15(17)21-18(24)16-10-12-23(22-16)14-7-6-11-20-13-14/h4-5,8-10,12,14,20H,6-7,11,13H2,1-3H3,(H,21,24). The minimum Gasteiger partial charge on any atom is -0.486 e. The predicted octanol–water partition coefficient (Wildman–Crippen LogP) is 3.24. The molecule has 2 aromatic rings. The first-order chi connectivity index (χ1) is 11.9. The SMILES string of the molecule is CC(C)(C)Oc1ccccc1NC(=O)c1ccn(C2CCCNC2)n1. The van der Waals surface area contributed by atoms with E-state index in [0.717, 1.165) is 25.9 Å². The molecule has 1 saturated heterocycles. The number of hydrogen-bond donors (Lipinski definition) is 2. The van der Waals surface area contributed by atoms with E-state index < -0.39 is 0 Å². The Kier molecular flexibility index (Phi) is 5.08. The predicted molar refractivity (Wildman–Crippen MR) is 98.1 cm³/mol. The van der Waals surface area contributed by atoms with Crippen LogP contribution in [0.1, 0.15) is 50.1 Å². The van der Waals surface area contributed by atoms with Crippen LogP contribution in [0.2, 0.25) is 0 Å². The van der Waals surface area contributed by atoms with Gasteiger partial charge in [0.1, 0.15) is 11.4 Å². The highest BCUT2D eigenvalue weighted by Gasteiger charge is 2.19. The molecular formula is C19H26N4O2. The number of rotatable bonds is 4. The van der Waals surface area contributed by atoms with Crippen LogP contribution >= 0.6 is 0 Å². The molecule has 6 heteroatoms. The van der Waals surface area contributed by atoms with Gasteiger partial charge in [0.05, 0.1) is 11.7 Å². The van der Waals surface area contributed by atoms with Crippen molar-refractivity contribution in [1.82, 2.24) is 15.1 Å². The lowest BCUT2D eigenvalue weighted by molar-refractivity contribution is 0.101. The quantitative estimate of drug-likeness (QED) is 0.895. The summed E-state index contributed by atoms with van der Waals surface area (Å²) in [5.74, 6) is 0.423. The summed E-state index contributed by atoms with van der Waals surface area (Å²) in [6, 6.07) is 9.52. The summed E-state index contributed by atoms with van der Waals surface area (Å²) < 4.78 is 7.81. The number of hydrogen-bond acceptors (Lipinski definition) is 4. The molecule has 1 atom stereocenters. The molecule has 25 heavy (non-hydrogen) atoms. The molecule has 134 valence electrons. The van der Waals surface area contributed by atoms with Crippen LogP contribution in [0.5, 0.6) is 5.75 Å². The number of carbonyl (C=O) groups is 1. The van der Waals surface area contributed by atoms with Gasteiger partial charge in [-0.25, -0.2) is 0 Å². The van der Waals surface area contributed by atoms with Crippen molar-refractivity contribution in [3.8, 4) is 5.75 Å². The van der Waals surface area contributed by atoms with Crippen molar-refractivity contribution in [2.45, 2.75) is 45.3 Å². The average molecular weight is 342 g/mol. The number of amides is 1. The number of para-hydroxylation sites is 2. The summed E-state index contributed by atoms with van der Waals surface area (Å²) in [7, 11) is 0. The fraction of sp³-hybridized carbons (Fsp3) is 0.474. The van der Waals surface area contributed by atoms with E-state index in [4.69, 9.17) is 4.74 Å². The summed E-state index contributed by atoms with van der Waals surface area (Å²) in [5.41, 5.74) is 0.726. The van der Waals surface area contributed by atoms with Gasteiger partial charge < -0.3 is 15.4 Å². The number of piperidine rings is 1. The Hall–Kier alpha value is -2.34. The highest BCUT2D eigenvalue weighted by Crippen LogP contribution is 2.28. The Bertz CT molecular complexity index is 727. The number of nitrogens with zero attached hydrogens (tertiary/aromatic N) is 2. The van der Waals surface area contributed by atoms with Crippen molar-refractivity contribution in [3.63, 3.8) is 0 Å². The Labute approximate surface area is 148 Å². The monoisotopic (exact) mass is 342 g/mol. The summed E-state index contributed by atoms with van der Waals surface area (Å²) in [6.07, 6.45) is 4.09. The molecule has 3 rings (SSSR count). The van der Waals surface area contributed by atoms with Crippen LogP contribution in [0.25, 0.3) is 0 Å². The van der Waals surface area contributed by atoms with E-state index in [-0.39, 0.29) is 11.5 Å². The van der Waals surface area contributed by atoms with Crippen molar-refractivity contribution in [1.29, 1.82) is 0 Å². The van der Waals surface area contributed by atoms with Gasteiger partial charge in [0.2, 0.25) is 0 Å². The van der Waals surface area contributed by atoms with Gasteiger partial charge in [0, 0.05) is 12.7 Å². The molecule has 1 aliphatic rings. The topological polar surface area (TPSA) is 68.2 Å². The van der Waals surface area contributed by atoms with E-state index >= 15 is 0 Å². The van der Waals surface area contributed by atoms with Crippen LogP contribution in [0.4, 0.5) is 5.69 Å². The lowest BCUT2D eigenvalue weighted by Crippen LogP contribution is -2.32. The van der Waals surface area contributed by atoms with E-state index in [0.29, 0.717) is 23.2 Å². The third-order valence-electron chi connectivity index (χ3n) is 4.04. The second kappa shape index (κ2) is 7.27. The third-order valence-corrected chi connectivity index (χ3v) is 4.04. The van der Waals surface area contributed by atoms with Gasteiger partial charge in [0.15, 0.2) is 5.69 Å². The van der Waals surface area contributed by atoms with E-state index in [2.05, 4.69) is 15.7 Å². The molecule has 1 unspecified atom stereocenters. The minimum atomic E-state index is -0.337. The highest BCUT2D eigenvalue weighted by molar-refractivity contribution is 6.03. The van der Waals surface area contributed by atoms with Crippen molar-refractivity contribution >= 4 is 11.6 Å². The molecule has 1 aromatic heterocycles. The second-order valence-electron chi connectivity index (χ2n) is 7.35. The molecule has 2 heterocycles. The second-order valence-corrected chi connectivity index (χ2v) is 7.35. The van der Waals surface area contributed by atoms with Crippen LogP contribution in [0.3, 0.4) is 0 Å². The molecule has 2 N–H and O–H groups in total. The van der Waals surface area contributed by atoms with Gasteiger partial charge in [-0.2, -0.15) is 5.10 Å². The van der Waals surface area contributed by atoms with Gasteiger partial charge in [-0.3, -0.25) is 9.48 Å². The molecule has 1 fully saturated rings. The average Bonchev–Trinajstić information content (AvgIpc) is 3.06.